The first-order valence-corrected chi connectivity index (χ1v) is 13.5. The van der Waals surface area contributed by atoms with E-state index in [9.17, 15) is 9.59 Å². The second-order valence-corrected chi connectivity index (χ2v) is 10.0. The van der Waals surface area contributed by atoms with Gasteiger partial charge in [0.2, 0.25) is 11.8 Å². The van der Waals surface area contributed by atoms with Crippen molar-refractivity contribution in [2.75, 3.05) is 31.3 Å². The van der Waals surface area contributed by atoms with Gasteiger partial charge in [-0.15, -0.1) is 5.10 Å². The van der Waals surface area contributed by atoms with Crippen molar-refractivity contribution in [1.82, 2.24) is 20.3 Å². The van der Waals surface area contributed by atoms with E-state index in [4.69, 9.17) is 14.2 Å². The Kier molecular flexibility index (Phi) is 7.33. The van der Waals surface area contributed by atoms with Crippen LogP contribution < -0.4 is 19.7 Å². The second-order valence-electron chi connectivity index (χ2n) is 10.0. The Morgan fingerprint density at radius 1 is 1.02 bits per heavy atom. The van der Waals surface area contributed by atoms with Crippen LogP contribution in [0.2, 0.25) is 0 Å². The number of carbonyl (C=O) groups excluding carboxylic acids is 2. The molecule has 0 radical (unpaired) electrons. The molecule has 3 heterocycles. The maximum Gasteiger partial charge on any atom is 0.249 e. The van der Waals surface area contributed by atoms with Crippen LogP contribution in [0.5, 0.6) is 11.5 Å². The van der Waals surface area contributed by atoms with E-state index in [1.165, 1.54) is 4.90 Å². The summed E-state index contributed by atoms with van der Waals surface area (Å²) in [5, 5.41) is 11.5. The zero-order valence-electron chi connectivity index (χ0n) is 22.3. The van der Waals surface area contributed by atoms with Crippen LogP contribution in [0.4, 0.5) is 5.69 Å². The van der Waals surface area contributed by atoms with Crippen LogP contribution in [-0.2, 0) is 20.9 Å². The minimum atomic E-state index is -0.952. The van der Waals surface area contributed by atoms with E-state index in [2.05, 4.69) is 15.6 Å². The Hall–Kier alpha value is -4.44. The standard InChI is InChI=1S/C30H31N5O5/c1-20-8-10-21(11-9-20)29(30(37)31-18-23-5-4-14-38-23)35(22-12-13-26-27(17-22)40-16-15-39-26)28(36)19-34-25-7-3-2-6-24(25)32-33-34/h2-3,6-13,17,23,29H,4-5,14-16,18-19H2,1H3,(H,31,37)/t23-,29-/m0/s1. The van der Waals surface area contributed by atoms with Gasteiger partial charge in [-0.05, 0) is 49.6 Å². The summed E-state index contributed by atoms with van der Waals surface area (Å²) in [5.74, 6) is 0.491. The zero-order valence-corrected chi connectivity index (χ0v) is 22.3. The number of aromatic nitrogens is 3. The molecular formula is C30H31N5O5. The van der Waals surface area contributed by atoms with Crippen LogP contribution in [0.3, 0.4) is 0 Å². The summed E-state index contributed by atoms with van der Waals surface area (Å²) in [6, 6.07) is 19.4. The highest BCUT2D eigenvalue weighted by molar-refractivity contribution is 6.01. The van der Waals surface area contributed by atoms with Crippen molar-refractivity contribution >= 4 is 28.5 Å². The van der Waals surface area contributed by atoms with Crippen LogP contribution in [-0.4, -0.2) is 59.3 Å². The molecule has 2 amide bonds. The van der Waals surface area contributed by atoms with Crippen LogP contribution in [0.15, 0.2) is 66.7 Å². The maximum absolute atomic E-state index is 14.2. The first-order chi connectivity index (χ1) is 19.6. The van der Waals surface area contributed by atoms with Gasteiger partial charge in [0.25, 0.3) is 0 Å². The number of benzene rings is 3. The third kappa shape index (κ3) is 5.35. The topological polar surface area (TPSA) is 108 Å². The fraction of sp³-hybridized carbons (Fsp3) is 0.333. The monoisotopic (exact) mass is 541 g/mol. The molecule has 0 saturated carbocycles. The number of nitrogens with zero attached hydrogens (tertiary/aromatic N) is 4. The van der Waals surface area contributed by atoms with Gasteiger partial charge in [-0.25, -0.2) is 4.68 Å². The molecule has 0 aliphatic carbocycles. The van der Waals surface area contributed by atoms with Crippen molar-refractivity contribution in [3.05, 3.63) is 77.9 Å². The average Bonchev–Trinajstić information content (AvgIpc) is 3.65. The molecule has 0 bridgehead atoms. The maximum atomic E-state index is 14.2. The largest absolute Gasteiger partial charge is 0.486 e. The number of hydrogen-bond donors (Lipinski definition) is 1. The third-order valence-electron chi connectivity index (χ3n) is 7.21. The fourth-order valence-electron chi connectivity index (χ4n) is 5.14. The molecule has 40 heavy (non-hydrogen) atoms. The summed E-state index contributed by atoms with van der Waals surface area (Å²) in [6.45, 7) is 3.78. The Balaban J connectivity index is 1.40. The van der Waals surface area contributed by atoms with E-state index in [0.29, 0.717) is 54.6 Å². The molecule has 3 aromatic carbocycles. The van der Waals surface area contributed by atoms with Gasteiger partial charge < -0.3 is 19.5 Å². The first kappa shape index (κ1) is 25.8. The summed E-state index contributed by atoms with van der Waals surface area (Å²) < 4.78 is 18.8. The average molecular weight is 542 g/mol. The number of amides is 2. The lowest BCUT2D eigenvalue weighted by atomic mass is 10.0. The number of anilines is 1. The van der Waals surface area contributed by atoms with E-state index >= 15 is 0 Å². The second kappa shape index (κ2) is 11.4. The van der Waals surface area contributed by atoms with Gasteiger partial charge in [0, 0.05) is 24.9 Å². The summed E-state index contributed by atoms with van der Waals surface area (Å²) in [6.07, 6.45) is 1.82. The Morgan fingerprint density at radius 3 is 2.62 bits per heavy atom. The SMILES string of the molecule is Cc1ccc([C@@H](C(=O)NC[C@@H]2CCCO2)N(C(=O)Cn2nnc3ccccc32)c2ccc3c(c2)OCCO3)cc1. The third-order valence-corrected chi connectivity index (χ3v) is 7.21. The van der Waals surface area contributed by atoms with Crippen molar-refractivity contribution < 1.29 is 23.8 Å². The Bertz CT molecular complexity index is 1510. The summed E-state index contributed by atoms with van der Waals surface area (Å²) in [5.41, 5.74) is 3.66. The van der Waals surface area contributed by atoms with Crippen LogP contribution in [0, 0.1) is 6.92 Å². The molecule has 6 rings (SSSR count). The van der Waals surface area contributed by atoms with E-state index < -0.39 is 6.04 Å². The summed E-state index contributed by atoms with van der Waals surface area (Å²) in [7, 11) is 0. The molecule has 2 aliphatic heterocycles. The minimum Gasteiger partial charge on any atom is -0.486 e. The van der Waals surface area contributed by atoms with Crippen molar-refractivity contribution in [2.45, 2.75) is 38.5 Å². The smallest absolute Gasteiger partial charge is 0.249 e. The van der Waals surface area contributed by atoms with Crippen molar-refractivity contribution in [3.8, 4) is 11.5 Å². The Labute approximate surface area is 231 Å². The molecule has 1 N–H and O–H groups in total. The molecule has 206 valence electrons. The van der Waals surface area contributed by atoms with Gasteiger partial charge in [0.05, 0.1) is 11.6 Å². The zero-order chi connectivity index (χ0) is 27.5. The first-order valence-electron chi connectivity index (χ1n) is 13.5. The Morgan fingerprint density at radius 2 is 1.82 bits per heavy atom. The lowest BCUT2D eigenvalue weighted by Crippen LogP contribution is -2.46. The fourth-order valence-corrected chi connectivity index (χ4v) is 5.14. The normalized spacial score (nSPS) is 17.0. The molecule has 2 atom stereocenters. The molecule has 4 aromatic rings. The molecule has 1 saturated heterocycles. The van der Waals surface area contributed by atoms with E-state index in [0.717, 1.165) is 23.9 Å². The molecular weight excluding hydrogens is 510 g/mol. The van der Waals surface area contributed by atoms with Crippen LogP contribution in [0.25, 0.3) is 11.0 Å². The van der Waals surface area contributed by atoms with Gasteiger partial charge >= 0.3 is 0 Å². The number of para-hydroxylation sites is 1. The van der Waals surface area contributed by atoms with E-state index in [-0.39, 0.29) is 24.5 Å². The lowest BCUT2D eigenvalue weighted by molar-refractivity contribution is -0.127. The highest BCUT2D eigenvalue weighted by atomic mass is 16.6. The number of fused-ring (bicyclic) bond motifs is 2. The molecule has 10 nitrogen and oxygen atoms in total. The lowest BCUT2D eigenvalue weighted by Gasteiger charge is -2.32. The van der Waals surface area contributed by atoms with Crippen molar-refractivity contribution in [1.29, 1.82) is 0 Å². The highest BCUT2D eigenvalue weighted by Gasteiger charge is 2.34. The predicted molar refractivity (Wildman–Crippen MR) is 148 cm³/mol. The van der Waals surface area contributed by atoms with Gasteiger partial charge in [0.1, 0.15) is 31.3 Å². The van der Waals surface area contributed by atoms with Crippen LogP contribution in [0.1, 0.15) is 30.0 Å². The van der Waals surface area contributed by atoms with Crippen LogP contribution >= 0.6 is 0 Å². The van der Waals surface area contributed by atoms with E-state index in [1.807, 2.05) is 55.5 Å². The molecule has 10 heteroatoms. The molecule has 2 aliphatic rings. The van der Waals surface area contributed by atoms with Crippen molar-refractivity contribution in [2.24, 2.45) is 0 Å². The minimum absolute atomic E-state index is 0.0393. The van der Waals surface area contributed by atoms with Crippen molar-refractivity contribution in [3.63, 3.8) is 0 Å². The van der Waals surface area contributed by atoms with Gasteiger partial charge in [-0.3, -0.25) is 14.5 Å². The molecule has 1 aromatic heterocycles. The van der Waals surface area contributed by atoms with Gasteiger partial charge in [0.15, 0.2) is 11.5 Å². The number of ether oxygens (including phenoxy) is 3. The summed E-state index contributed by atoms with van der Waals surface area (Å²) in [4.78, 5) is 29.7. The highest BCUT2D eigenvalue weighted by Crippen LogP contribution is 2.37. The summed E-state index contributed by atoms with van der Waals surface area (Å²) >= 11 is 0. The number of carbonyl (C=O) groups is 2. The quantitative estimate of drug-likeness (QED) is 0.363. The number of rotatable bonds is 8. The number of hydrogen-bond acceptors (Lipinski definition) is 7. The molecule has 0 spiro atoms. The predicted octanol–water partition coefficient (Wildman–Crippen LogP) is 3.58. The molecule has 0 unspecified atom stereocenters. The number of nitrogens with one attached hydrogen (secondary N) is 1. The molecule has 1 fully saturated rings. The van der Waals surface area contributed by atoms with E-state index in [1.54, 1.807) is 22.9 Å². The van der Waals surface area contributed by atoms with Gasteiger partial charge in [-0.1, -0.05) is 47.2 Å². The van der Waals surface area contributed by atoms with Gasteiger partial charge in [-0.2, -0.15) is 0 Å². The number of aryl methyl sites for hydroxylation is 1.